The van der Waals surface area contributed by atoms with Crippen LogP contribution in [0.1, 0.15) is 12.1 Å². The molecule has 0 aliphatic carbocycles. The molecule has 25 heavy (non-hydrogen) atoms. The molecule has 1 heterocycles. The molecule has 0 aliphatic rings. The second-order valence-electron chi connectivity index (χ2n) is 5.83. The fourth-order valence-corrected chi connectivity index (χ4v) is 3.17. The van der Waals surface area contributed by atoms with Crippen LogP contribution in [0.5, 0.6) is 0 Å². The van der Waals surface area contributed by atoms with Gasteiger partial charge >= 0.3 is 11.9 Å². The Kier molecular flexibility index (Phi) is 5.80. The molecule has 0 saturated heterocycles. The van der Waals surface area contributed by atoms with E-state index in [0.717, 1.165) is 16.6 Å². The number of aromatic nitrogens is 1. The molecule has 0 spiro atoms. The molecule has 0 aliphatic heterocycles. The van der Waals surface area contributed by atoms with E-state index in [9.17, 15) is 9.59 Å². The minimum absolute atomic E-state index is 0.127. The lowest BCUT2D eigenvalue weighted by Gasteiger charge is -2.27. The number of nitrogens with zero attached hydrogens (tertiary/aromatic N) is 1. The van der Waals surface area contributed by atoms with Crippen LogP contribution in [0.4, 0.5) is 0 Å². The third kappa shape index (κ3) is 3.36. The van der Waals surface area contributed by atoms with E-state index in [1.165, 1.54) is 20.3 Å². The zero-order chi connectivity index (χ0) is 18.4. The third-order valence-electron chi connectivity index (χ3n) is 4.34. The van der Waals surface area contributed by atoms with Crippen molar-refractivity contribution in [3.8, 4) is 0 Å². The van der Waals surface area contributed by atoms with Gasteiger partial charge in [0.25, 0.3) is 0 Å². The van der Waals surface area contributed by atoms with Gasteiger partial charge in [-0.25, -0.2) is 0 Å². The highest BCUT2D eigenvalue weighted by molar-refractivity contribution is 6.00. The Bertz CT molecular complexity index is 787. The van der Waals surface area contributed by atoms with Crippen LogP contribution in [-0.2, 0) is 32.0 Å². The zero-order valence-electron chi connectivity index (χ0n) is 14.7. The van der Waals surface area contributed by atoms with Crippen LogP contribution >= 0.6 is 0 Å². The number of ether oxygens (including phenoxy) is 2. The molecule has 132 valence electrons. The van der Waals surface area contributed by atoms with Crippen molar-refractivity contribution in [2.45, 2.75) is 19.4 Å². The molecule has 0 saturated carbocycles. The fourth-order valence-electron chi connectivity index (χ4n) is 3.17. The first-order chi connectivity index (χ1) is 12.0. The number of esters is 2. The number of fused-ring (bicyclic) bond motifs is 1. The molecule has 0 amide bonds. The molecule has 2 rings (SSSR count). The van der Waals surface area contributed by atoms with Crippen molar-refractivity contribution in [2.75, 3.05) is 14.2 Å². The number of benzene rings is 1. The smallest absolute Gasteiger partial charge is 0.323 e. The molecule has 0 fully saturated rings. The summed E-state index contributed by atoms with van der Waals surface area (Å²) in [5.41, 5.74) is 0.386. The van der Waals surface area contributed by atoms with E-state index in [-0.39, 0.29) is 12.8 Å². The number of allylic oxidation sites excluding steroid dienone is 2. The van der Waals surface area contributed by atoms with Gasteiger partial charge in [-0.05, 0) is 23.9 Å². The largest absolute Gasteiger partial charge is 0.468 e. The molecule has 1 aromatic carbocycles. The Labute approximate surface area is 147 Å². The van der Waals surface area contributed by atoms with Crippen molar-refractivity contribution < 1.29 is 19.1 Å². The Balaban J connectivity index is 2.62. The molecular weight excluding hydrogens is 318 g/mol. The van der Waals surface area contributed by atoms with Crippen molar-refractivity contribution in [3.63, 3.8) is 0 Å². The first-order valence-electron chi connectivity index (χ1n) is 7.99. The number of rotatable bonds is 8. The van der Waals surface area contributed by atoms with E-state index in [2.05, 4.69) is 13.2 Å². The van der Waals surface area contributed by atoms with Gasteiger partial charge in [0.2, 0.25) is 0 Å². The summed E-state index contributed by atoms with van der Waals surface area (Å²) in [5.74, 6) is -1.26. The Morgan fingerprint density at radius 1 is 1.12 bits per heavy atom. The SMILES string of the molecule is C=CCn1c(CC(CC=C)(C(=O)OC)C(=O)OC)cc2ccccc21. The highest BCUT2D eigenvalue weighted by Crippen LogP contribution is 2.33. The van der Waals surface area contributed by atoms with Gasteiger partial charge in [-0.3, -0.25) is 9.59 Å². The maximum atomic E-state index is 12.5. The number of methoxy groups -OCH3 is 2. The molecule has 0 unspecified atom stereocenters. The monoisotopic (exact) mass is 341 g/mol. The van der Waals surface area contributed by atoms with Gasteiger partial charge < -0.3 is 14.0 Å². The van der Waals surface area contributed by atoms with Gasteiger partial charge in [0.05, 0.1) is 14.2 Å². The molecular formula is C20H23NO4. The molecule has 0 N–H and O–H groups in total. The summed E-state index contributed by atoms with van der Waals surface area (Å²) in [5, 5.41) is 1.03. The van der Waals surface area contributed by atoms with Crippen molar-refractivity contribution >= 4 is 22.8 Å². The summed E-state index contributed by atoms with van der Waals surface area (Å²) in [6.45, 7) is 8.05. The minimum atomic E-state index is -1.46. The summed E-state index contributed by atoms with van der Waals surface area (Å²) in [6.07, 6.45) is 3.60. The lowest BCUT2D eigenvalue weighted by Crippen LogP contribution is -2.43. The molecule has 5 nitrogen and oxygen atoms in total. The van der Waals surface area contributed by atoms with Gasteiger partial charge in [-0.2, -0.15) is 0 Å². The number of hydrogen-bond donors (Lipinski definition) is 0. The maximum absolute atomic E-state index is 12.5. The zero-order valence-corrected chi connectivity index (χ0v) is 14.7. The van der Waals surface area contributed by atoms with E-state index >= 15 is 0 Å². The van der Waals surface area contributed by atoms with Gasteiger partial charge in [0, 0.05) is 24.2 Å². The highest BCUT2D eigenvalue weighted by atomic mass is 16.5. The maximum Gasteiger partial charge on any atom is 0.323 e. The Morgan fingerprint density at radius 3 is 2.32 bits per heavy atom. The van der Waals surface area contributed by atoms with E-state index < -0.39 is 17.4 Å². The lowest BCUT2D eigenvalue weighted by atomic mass is 9.79. The predicted octanol–water partition coefficient (Wildman–Crippen LogP) is 3.28. The van der Waals surface area contributed by atoms with Gasteiger partial charge in [0.15, 0.2) is 5.41 Å². The molecule has 0 radical (unpaired) electrons. The average molecular weight is 341 g/mol. The second-order valence-corrected chi connectivity index (χ2v) is 5.83. The summed E-state index contributed by atoms with van der Waals surface area (Å²) in [6, 6.07) is 9.85. The first-order valence-corrected chi connectivity index (χ1v) is 7.99. The Morgan fingerprint density at radius 2 is 1.76 bits per heavy atom. The van der Waals surface area contributed by atoms with Crippen LogP contribution in [0.25, 0.3) is 10.9 Å². The van der Waals surface area contributed by atoms with Crippen molar-refractivity contribution in [1.29, 1.82) is 0 Å². The molecule has 1 aromatic heterocycles. The van der Waals surface area contributed by atoms with Crippen LogP contribution in [0.15, 0.2) is 55.6 Å². The van der Waals surface area contributed by atoms with Gasteiger partial charge in [-0.15, -0.1) is 13.2 Å². The normalized spacial score (nSPS) is 11.1. The van der Waals surface area contributed by atoms with Crippen LogP contribution < -0.4 is 0 Å². The topological polar surface area (TPSA) is 57.5 Å². The summed E-state index contributed by atoms with van der Waals surface area (Å²) >= 11 is 0. The van der Waals surface area contributed by atoms with Crippen LogP contribution in [0.3, 0.4) is 0 Å². The van der Waals surface area contributed by atoms with Crippen LogP contribution in [0, 0.1) is 5.41 Å². The number of carbonyl (C=O) groups excluding carboxylic acids is 2. The standard InChI is InChI=1S/C20H23NO4/c1-5-11-20(18(22)24-3,19(23)25-4)14-16-13-15-9-7-8-10-17(15)21(16)12-6-2/h5-10,13H,1-2,11-12,14H2,3-4H3. The third-order valence-corrected chi connectivity index (χ3v) is 4.34. The van der Waals surface area contributed by atoms with Crippen LogP contribution in [-0.4, -0.2) is 30.7 Å². The summed E-state index contributed by atoms with van der Waals surface area (Å²) < 4.78 is 11.9. The van der Waals surface area contributed by atoms with Crippen molar-refractivity contribution in [2.24, 2.45) is 5.41 Å². The second kappa shape index (κ2) is 7.83. The molecule has 0 atom stereocenters. The number of hydrogen-bond acceptors (Lipinski definition) is 4. The van der Waals surface area contributed by atoms with Gasteiger partial charge in [-0.1, -0.05) is 30.4 Å². The summed E-state index contributed by atoms with van der Waals surface area (Å²) in [7, 11) is 2.53. The number of para-hydroxylation sites is 1. The highest BCUT2D eigenvalue weighted by Gasteiger charge is 2.48. The van der Waals surface area contributed by atoms with E-state index in [4.69, 9.17) is 9.47 Å². The van der Waals surface area contributed by atoms with Crippen molar-refractivity contribution in [3.05, 3.63) is 61.3 Å². The number of carbonyl (C=O) groups is 2. The predicted molar refractivity (Wildman–Crippen MR) is 97.1 cm³/mol. The molecule has 5 heteroatoms. The summed E-state index contributed by atoms with van der Waals surface area (Å²) in [4.78, 5) is 25.0. The van der Waals surface area contributed by atoms with Crippen LogP contribution in [0.2, 0.25) is 0 Å². The molecule has 0 bridgehead atoms. The molecule has 2 aromatic rings. The quantitative estimate of drug-likeness (QED) is 0.420. The van der Waals surface area contributed by atoms with E-state index in [0.29, 0.717) is 6.54 Å². The Hall–Kier alpha value is -2.82. The lowest BCUT2D eigenvalue weighted by molar-refractivity contribution is -0.169. The van der Waals surface area contributed by atoms with E-state index in [1.54, 1.807) is 6.08 Å². The van der Waals surface area contributed by atoms with E-state index in [1.807, 2.05) is 34.9 Å². The fraction of sp³-hybridized carbons (Fsp3) is 0.300. The van der Waals surface area contributed by atoms with Gasteiger partial charge in [0.1, 0.15) is 0 Å². The average Bonchev–Trinajstić information content (AvgIpc) is 2.97. The van der Waals surface area contributed by atoms with Crippen molar-refractivity contribution in [1.82, 2.24) is 4.57 Å². The minimum Gasteiger partial charge on any atom is -0.468 e. The first kappa shape index (κ1) is 18.5.